The number of methoxy groups -OCH3 is 1. The van der Waals surface area contributed by atoms with Gasteiger partial charge in [0.2, 0.25) is 0 Å². The number of nitrogens with zero attached hydrogens (tertiary/aromatic N) is 2. The highest BCUT2D eigenvalue weighted by atomic mass is 19.1. The third kappa shape index (κ3) is 11.5. The van der Waals surface area contributed by atoms with Gasteiger partial charge in [-0.1, -0.05) is 53.2 Å². The van der Waals surface area contributed by atoms with Crippen molar-refractivity contribution >= 4 is 23.8 Å². The summed E-state index contributed by atoms with van der Waals surface area (Å²) in [6.45, 7) is 26.5. The standard InChI is InChI=1S/C63H102FN3O17/c1-17-46-61(14)52(83-56(74)84-61)38(8)67(25-19-24-65-55(73)63(76)34(4)26-43-42-21-20-40-28-41(68)22-23-57(40,10)62(42,64)45(69)30-58(43,63)11)32-33(3)29-59(12,75)51(82-54-48(70)44(66(15)18-2)27-35(5)78-54)36(6)49(37(7)53(72)80-46)81-47-31-60(13,77-16)50(71)39(9)79-47/h22-23,28,33-39,42-52,54,69-71,75-76H,17-21,24-27,29-32H2,1-16H3,(H,65,73)/t33-,34-,35-,36+,37-,38-,39+,42?,43?,44+,45+,46-,47+,48-,49+,50+,51-,52-,54+,57+,58+,59-,60-,61-,62+,63+/m1/s1. The second kappa shape index (κ2) is 24.6. The largest absolute Gasteiger partial charge is 0.509 e. The molecule has 3 saturated carbocycles. The zero-order valence-electron chi connectivity index (χ0n) is 52.8. The summed E-state index contributed by atoms with van der Waals surface area (Å²) < 4.78 is 68.9. The van der Waals surface area contributed by atoms with Crippen molar-refractivity contribution in [3.05, 3.63) is 23.8 Å². The maximum absolute atomic E-state index is 18.0. The second-order valence-corrected chi connectivity index (χ2v) is 28.0. The van der Waals surface area contributed by atoms with Crippen molar-refractivity contribution in [2.24, 2.45) is 46.3 Å². The molecule has 0 aromatic rings. The molecule has 8 aliphatic rings. The van der Waals surface area contributed by atoms with Crippen LogP contribution in [0.5, 0.6) is 0 Å². The second-order valence-electron chi connectivity index (χ2n) is 28.0. The van der Waals surface area contributed by atoms with Gasteiger partial charge in [-0.3, -0.25) is 19.3 Å². The van der Waals surface area contributed by atoms with Gasteiger partial charge in [0, 0.05) is 67.9 Å². The minimum Gasteiger partial charge on any atom is -0.458 e. The summed E-state index contributed by atoms with van der Waals surface area (Å²) in [6, 6.07) is -0.966. The van der Waals surface area contributed by atoms with Crippen molar-refractivity contribution in [1.82, 2.24) is 15.1 Å². The molecule has 478 valence electrons. The van der Waals surface area contributed by atoms with Crippen molar-refractivity contribution in [2.45, 2.75) is 262 Å². The minimum absolute atomic E-state index is 0.0709. The highest BCUT2D eigenvalue weighted by molar-refractivity contribution is 6.01. The zero-order chi connectivity index (χ0) is 62.2. The Morgan fingerprint density at radius 3 is 2.26 bits per heavy atom. The summed E-state index contributed by atoms with van der Waals surface area (Å²) in [4.78, 5) is 59.7. The molecule has 0 radical (unpaired) electrons. The van der Waals surface area contributed by atoms with E-state index in [0.717, 1.165) is 0 Å². The lowest BCUT2D eigenvalue weighted by atomic mass is 9.44. The van der Waals surface area contributed by atoms with Gasteiger partial charge in [0.05, 0.1) is 47.6 Å². The fourth-order valence-corrected chi connectivity index (χ4v) is 17.3. The van der Waals surface area contributed by atoms with Crippen molar-refractivity contribution in [3.63, 3.8) is 0 Å². The first-order chi connectivity index (χ1) is 39.1. The Balaban J connectivity index is 1.08. The predicted molar refractivity (Wildman–Crippen MR) is 306 cm³/mol. The molecule has 0 spiro atoms. The maximum atomic E-state index is 18.0. The number of carbonyl (C=O) groups excluding carboxylic acids is 4. The number of aliphatic hydroxyl groups is 5. The van der Waals surface area contributed by atoms with Crippen LogP contribution in [0.3, 0.4) is 0 Å². The van der Waals surface area contributed by atoms with Crippen molar-refractivity contribution < 1.29 is 87.0 Å². The molecule has 20 nitrogen and oxygen atoms in total. The lowest BCUT2D eigenvalue weighted by Crippen LogP contribution is -2.70. The van der Waals surface area contributed by atoms with E-state index in [2.05, 4.69) is 10.2 Å². The maximum Gasteiger partial charge on any atom is 0.509 e. The lowest BCUT2D eigenvalue weighted by Gasteiger charge is -2.62. The highest BCUT2D eigenvalue weighted by Gasteiger charge is 2.76. The van der Waals surface area contributed by atoms with E-state index in [9.17, 15) is 44.7 Å². The molecule has 1 amide bonds. The van der Waals surface area contributed by atoms with E-state index in [1.54, 1.807) is 68.4 Å². The van der Waals surface area contributed by atoms with Crippen LogP contribution in [0.15, 0.2) is 23.8 Å². The number of hydrogen-bond donors (Lipinski definition) is 6. The van der Waals surface area contributed by atoms with Crippen LogP contribution in [0, 0.1) is 46.3 Å². The first-order valence-corrected chi connectivity index (χ1v) is 31.2. The normalized spacial score (nSPS) is 49.4. The number of hydrogen-bond acceptors (Lipinski definition) is 19. The number of ether oxygens (including phenoxy) is 8. The van der Waals surface area contributed by atoms with Gasteiger partial charge in [-0.05, 0) is 150 Å². The number of amides is 1. The summed E-state index contributed by atoms with van der Waals surface area (Å²) in [5.74, 6) is -5.58. The average Bonchev–Trinajstić information content (AvgIpc) is 1.38. The van der Waals surface area contributed by atoms with Gasteiger partial charge in [0.25, 0.3) is 5.91 Å². The first-order valence-electron chi connectivity index (χ1n) is 31.2. The van der Waals surface area contributed by atoms with Crippen LogP contribution in [-0.2, 0) is 52.3 Å². The van der Waals surface area contributed by atoms with Crippen LogP contribution in [0.1, 0.15) is 155 Å². The molecule has 84 heavy (non-hydrogen) atoms. The molecule has 4 aliphatic heterocycles. The third-order valence-electron chi connectivity index (χ3n) is 22.4. The Morgan fingerprint density at radius 2 is 1.61 bits per heavy atom. The Kier molecular flexibility index (Phi) is 19.6. The Hall–Kier alpha value is -3.19. The topological polar surface area (TPSA) is 262 Å². The molecule has 4 heterocycles. The van der Waals surface area contributed by atoms with Gasteiger partial charge in [-0.15, -0.1) is 0 Å². The molecule has 6 N–H and O–H groups in total. The fraction of sp³-hybridized carbons (Fsp3) is 0.873. The molecule has 2 unspecified atom stereocenters. The summed E-state index contributed by atoms with van der Waals surface area (Å²) in [7, 11) is 3.41. The highest BCUT2D eigenvalue weighted by Crippen LogP contribution is 2.70. The predicted octanol–water partition coefficient (Wildman–Crippen LogP) is 5.70. The van der Waals surface area contributed by atoms with E-state index < -0.39 is 154 Å². The lowest BCUT2D eigenvalue weighted by molar-refractivity contribution is -0.318. The van der Waals surface area contributed by atoms with E-state index in [0.29, 0.717) is 57.3 Å². The van der Waals surface area contributed by atoms with E-state index in [1.807, 2.05) is 46.6 Å². The Bertz CT molecular complexity index is 2470. The van der Waals surface area contributed by atoms with Crippen LogP contribution in [0.4, 0.5) is 9.18 Å². The van der Waals surface area contributed by atoms with Crippen LogP contribution >= 0.6 is 0 Å². The van der Waals surface area contributed by atoms with Crippen LogP contribution in [0.25, 0.3) is 0 Å². The van der Waals surface area contributed by atoms with Gasteiger partial charge in [-0.2, -0.15) is 0 Å². The molecule has 0 bridgehead atoms. The molecule has 4 saturated heterocycles. The number of aliphatic hydroxyl groups excluding tert-OH is 3. The molecule has 8 rings (SSSR count). The number of halogens is 1. The number of fused-ring (bicyclic) bond motifs is 6. The number of likely N-dealkylation sites (N-methyl/N-ethyl adjacent to an activating group) is 1. The summed E-state index contributed by atoms with van der Waals surface area (Å²) in [6.07, 6.45) is -5.62. The van der Waals surface area contributed by atoms with Gasteiger partial charge in [0.1, 0.15) is 18.3 Å². The van der Waals surface area contributed by atoms with E-state index in [4.69, 9.17) is 37.9 Å². The van der Waals surface area contributed by atoms with Crippen LogP contribution in [-0.4, -0.2) is 207 Å². The summed E-state index contributed by atoms with van der Waals surface area (Å²) >= 11 is 0. The van der Waals surface area contributed by atoms with Crippen molar-refractivity contribution in [2.75, 3.05) is 40.3 Å². The number of allylic oxidation sites excluding steroid dienone is 4. The number of carbonyl (C=O) groups is 4. The fourth-order valence-electron chi connectivity index (χ4n) is 17.3. The SMILES string of the molecule is CC[C@H]1OC(=O)[C@H](C)[C@@H](O[C@H]2C[C@@](C)(OC)[C@@H](O)[C@H](C)O2)[C@H](C)[C@@H](O[C@@H]2O[C@H](C)C[C@H](N(C)CC)[C@H]2O)[C@](C)(O)C[C@@H](C)CN(CCCNC(=O)[C@@]2(O)[C@H](C)CC3C4CCC5=CC(=O)C=C[C@]5(C)[C@@]4(F)[C@@H](O)C[C@@]32C)[C@H](C)[C@H]2OC(=O)O[C@@]21C. The number of ketones is 1. The Morgan fingerprint density at radius 1 is 0.917 bits per heavy atom. The minimum atomic E-state index is -2.13. The van der Waals surface area contributed by atoms with Crippen molar-refractivity contribution in [1.29, 1.82) is 0 Å². The smallest absolute Gasteiger partial charge is 0.458 e. The molecule has 21 heteroatoms. The average molecular weight is 1190 g/mol. The third-order valence-corrected chi connectivity index (χ3v) is 22.4. The molecule has 4 aliphatic carbocycles. The molecule has 26 atom stereocenters. The van der Waals surface area contributed by atoms with Crippen LogP contribution < -0.4 is 5.32 Å². The molecule has 0 aromatic carbocycles. The quantitative estimate of drug-likeness (QED) is 0.0955. The monoisotopic (exact) mass is 1190 g/mol. The molecular formula is C63H102FN3O17. The van der Waals surface area contributed by atoms with Gasteiger partial charge >= 0.3 is 12.1 Å². The number of rotatable bonds is 13. The molecule has 0 aromatic heterocycles. The van der Waals surface area contributed by atoms with Crippen LogP contribution in [0.2, 0.25) is 0 Å². The first kappa shape index (κ1) is 66.8. The molecular weight excluding hydrogens is 1090 g/mol. The number of esters is 1. The molecule has 7 fully saturated rings. The van der Waals surface area contributed by atoms with Gasteiger partial charge in [-0.25, -0.2) is 9.18 Å². The van der Waals surface area contributed by atoms with Gasteiger partial charge in [0.15, 0.2) is 41.3 Å². The van der Waals surface area contributed by atoms with Crippen molar-refractivity contribution in [3.8, 4) is 0 Å². The Labute approximate surface area is 497 Å². The van der Waals surface area contributed by atoms with E-state index in [1.165, 1.54) is 19.3 Å². The van der Waals surface area contributed by atoms with E-state index in [-0.39, 0.29) is 56.1 Å². The number of nitrogens with one attached hydrogen (secondary N) is 1. The zero-order valence-corrected chi connectivity index (χ0v) is 52.8. The summed E-state index contributed by atoms with van der Waals surface area (Å²) in [5.41, 5.74) is -10.2. The summed E-state index contributed by atoms with van der Waals surface area (Å²) in [5, 5.41) is 64.2. The van der Waals surface area contributed by atoms with Gasteiger partial charge < -0.3 is 73.6 Å². The number of cyclic esters (lactones) is 1. The van der Waals surface area contributed by atoms with E-state index >= 15 is 4.39 Å². The number of alkyl halides is 1.